The van der Waals surface area contributed by atoms with Crippen molar-refractivity contribution in [3.63, 3.8) is 0 Å². The van der Waals surface area contributed by atoms with Crippen molar-refractivity contribution in [1.82, 2.24) is 14.8 Å². The van der Waals surface area contributed by atoms with Gasteiger partial charge in [-0.2, -0.15) is 4.98 Å². The van der Waals surface area contributed by atoms with E-state index in [2.05, 4.69) is 10.1 Å². The molecule has 2 aliphatic rings. The van der Waals surface area contributed by atoms with Gasteiger partial charge in [0, 0.05) is 6.42 Å². The van der Waals surface area contributed by atoms with Gasteiger partial charge in [-0.1, -0.05) is 37.3 Å². The molecule has 0 saturated heterocycles. The van der Waals surface area contributed by atoms with E-state index in [1.165, 1.54) is 4.68 Å². The summed E-state index contributed by atoms with van der Waals surface area (Å²) in [4.78, 5) is 4.04. The first-order chi connectivity index (χ1) is 11.0. The van der Waals surface area contributed by atoms with E-state index in [1.807, 2.05) is 37.3 Å². The Bertz CT molecular complexity index is 828. The van der Waals surface area contributed by atoms with Gasteiger partial charge in [0.25, 0.3) is 5.16 Å². The highest BCUT2D eigenvalue weighted by Gasteiger charge is 2.43. The number of aromatic nitrogens is 3. The number of nitrogens with zero attached hydrogens (tertiary/aromatic N) is 3. The van der Waals surface area contributed by atoms with Gasteiger partial charge in [-0.05, 0) is 24.3 Å². The number of benzene rings is 1. The molecule has 23 heavy (non-hydrogen) atoms. The van der Waals surface area contributed by atoms with Crippen molar-refractivity contribution < 1.29 is 12.8 Å². The summed E-state index contributed by atoms with van der Waals surface area (Å²) in [5.74, 6) is 0.542. The number of hydrogen-bond donors (Lipinski definition) is 0. The lowest BCUT2D eigenvalue weighted by molar-refractivity contribution is 0.325. The zero-order valence-electron chi connectivity index (χ0n) is 12.8. The molecule has 0 radical (unpaired) electrons. The SMILES string of the molecule is C[C@H]1C[C@H](S(=O)(=O)c2nc3n(n2)[C@H](c2ccccc2)C[C@@H]3F)C1. The molecule has 1 aromatic heterocycles. The van der Waals surface area contributed by atoms with Crippen LogP contribution < -0.4 is 0 Å². The van der Waals surface area contributed by atoms with Crippen LogP contribution in [0.4, 0.5) is 4.39 Å². The van der Waals surface area contributed by atoms with Gasteiger partial charge in [-0.3, -0.25) is 0 Å². The van der Waals surface area contributed by atoms with E-state index in [4.69, 9.17) is 0 Å². The number of halogens is 1. The first kappa shape index (κ1) is 14.8. The average Bonchev–Trinajstić information content (AvgIpc) is 3.06. The fraction of sp³-hybridized carbons (Fsp3) is 0.500. The maximum atomic E-state index is 14.3. The minimum absolute atomic E-state index is 0.129. The van der Waals surface area contributed by atoms with E-state index >= 15 is 0 Å². The molecule has 4 rings (SSSR count). The van der Waals surface area contributed by atoms with Crippen LogP contribution in [0.2, 0.25) is 0 Å². The highest BCUT2D eigenvalue weighted by atomic mass is 32.2. The molecule has 0 N–H and O–H groups in total. The van der Waals surface area contributed by atoms with Gasteiger partial charge in [0.05, 0.1) is 11.3 Å². The highest BCUT2D eigenvalue weighted by Crippen LogP contribution is 2.41. The van der Waals surface area contributed by atoms with Crippen molar-refractivity contribution in [3.8, 4) is 0 Å². The predicted molar refractivity (Wildman–Crippen MR) is 82.4 cm³/mol. The minimum atomic E-state index is -3.55. The number of alkyl halides is 1. The number of fused-ring (bicyclic) bond motifs is 1. The summed E-state index contributed by atoms with van der Waals surface area (Å²) in [7, 11) is -3.55. The number of hydrogen-bond acceptors (Lipinski definition) is 4. The minimum Gasteiger partial charge on any atom is -0.239 e. The summed E-state index contributed by atoms with van der Waals surface area (Å²) < 4.78 is 40.9. The van der Waals surface area contributed by atoms with Crippen molar-refractivity contribution in [1.29, 1.82) is 0 Å². The van der Waals surface area contributed by atoms with Crippen molar-refractivity contribution in [2.75, 3.05) is 0 Å². The first-order valence-electron chi connectivity index (χ1n) is 7.86. The summed E-state index contributed by atoms with van der Waals surface area (Å²) in [6, 6.07) is 9.15. The Hall–Kier alpha value is -1.76. The van der Waals surface area contributed by atoms with E-state index in [0.29, 0.717) is 18.8 Å². The van der Waals surface area contributed by atoms with Crippen LogP contribution in [0.3, 0.4) is 0 Å². The number of rotatable bonds is 3. The van der Waals surface area contributed by atoms with Gasteiger partial charge in [-0.15, -0.1) is 5.10 Å². The Labute approximate surface area is 134 Å². The molecule has 0 spiro atoms. The van der Waals surface area contributed by atoms with Gasteiger partial charge in [0.2, 0.25) is 9.84 Å². The molecule has 1 aliphatic carbocycles. The molecule has 5 nitrogen and oxygen atoms in total. The van der Waals surface area contributed by atoms with E-state index in [9.17, 15) is 12.8 Å². The zero-order valence-corrected chi connectivity index (χ0v) is 13.6. The molecule has 1 aromatic carbocycles. The third-order valence-corrected chi connectivity index (χ3v) is 6.80. The average molecular weight is 335 g/mol. The number of sulfone groups is 1. The lowest BCUT2D eigenvalue weighted by Gasteiger charge is -2.30. The van der Waals surface area contributed by atoms with Crippen molar-refractivity contribution in [2.24, 2.45) is 5.92 Å². The molecule has 0 amide bonds. The molecule has 7 heteroatoms. The van der Waals surface area contributed by atoms with E-state index in [-0.39, 0.29) is 23.4 Å². The largest absolute Gasteiger partial charge is 0.267 e. The maximum Gasteiger partial charge on any atom is 0.267 e. The van der Waals surface area contributed by atoms with Crippen LogP contribution in [0, 0.1) is 5.92 Å². The second-order valence-electron chi connectivity index (χ2n) is 6.57. The lowest BCUT2D eigenvalue weighted by Crippen LogP contribution is -2.35. The molecule has 2 heterocycles. The van der Waals surface area contributed by atoms with Crippen LogP contribution in [-0.4, -0.2) is 28.4 Å². The molecule has 0 bridgehead atoms. The Balaban J connectivity index is 1.71. The summed E-state index contributed by atoms with van der Waals surface area (Å²) in [6.07, 6.45) is 0.234. The molecule has 0 unspecified atom stereocenters. The molecule has 1 saturated carbocycles. The van der Waals surface area contributed by atoms with Crippen molar-refractivity contribution in [3.05, 3.63) is 41.7 Å². The van der Waals surface area contributed by atoms with Gasteiger partial charge in [0.15, 0.2) is 12.0 Å². The smallest absolute Gasteiger partial charge is 0.239 e. The van der Waals surface area contributed by atoms with Crippen LogP contribution in [-0.2, 0) is 9.84 Å². The van der Waals surface area contributed by atoms with Crippen molar-refractivity contribution >= 4 is 9.84 Å². The van der Waals surface area contributed by atoms with Gasteiger partial charge < -0.3 is 0 Å². The summed E-state index contributed by atoms with van der Waals surface area (Å²) in [6.45, 7) is 2.02. The van der Waals surface area contributed by atoms with Crippen LogP contribution in [0.25, 0.3) is 0 Å². The highest BCUT2D eigenvalue weighted by molar-refractivity contribution is 7.91. The third-order valence-electron chi connectivity index (χ3n) is 4.85. The normalized spacial score (nSPS) is 30.0. The fourth-order valence-electron chi connectivity index (χ4n) is 3.46. The second kappa shape index (κ2) is 5.12. The molecule has 2 aromatic rings. The van der Waals surface area contributed by atoms with E-state index in [0.717, 1.165) is 5.56 Å². The topological polar surface area (TPSA) is 64.8 Å². The Morgan fingerprint density at radius 3 is 2.52 bits per heavy atom. The fourth-order valence-corrected chi connectivity index (χ4v) is 5.35. The van der Waals surface area contributed by atoms with Gasteiger partial charge in [-0.25, -0.2) is 17.5 Å². The standard InChI is InChI=1S/C16H18FN3O2S/c1-10-7-12(8-10)23(21,22)16-18-15-13(17)9-14(20(15)19-16)11-5-3-2-4-6-11/h2-6,10,12-14H,7-9H2,1H3/t10-,12-,13-,14-/m0/s1. The molecular weight excluding hydrogens is 317 g/mol. The maximum absolute atomic E-state index is 14.3. The zero-order chi connectivity index (χ0) is 16.2. The van der Waals surface area contributed by atoms with E-state index < -0.39 is 21.3 Å². The summed E-state index contributed by atoms with van der Waals surface area (Å²) >= 11 is 0. The summed E-state index contributed by atoms with van der Waals surface area (Å²) in [5, 5.41) is 3.54. The molecule has 1 aliphatic heterocycles. The van der Waals surface area contributed by atoms with E-state index in [1.54, 1.807) is 0 Å². The summed E-state index contributed by atoms with van der Waals surface area (Å²) in [5.41, 5.74) is 0.917. The second-order valence-corrected chi connectivity index (χ2v) is 8.69. The quantitative estimate of drug-likeness (QED) is 0.865. The van der Waals surface area contributed by atoms with Gasteiger partial charge in [0.1, 0.15) is 0 Å². The van der Waals surface area contributed by atoms with Crippen LogP contribution in [0.1, 0.15) is 49.8 Å². The van der Waals surface area contributed by atoms with Crippen LogP contribution in [0.15, 0.2) is 35.5 Å². The van der Waals surface area contributed by atoms with Gasteiger partial charge >= 0.3 is 0 Å². The molecule has 1 fully saturated rings. The molecule has 122 valence electrons. The molecular formula is C16H18FN3O2S. The third kappa shape index (κ3) is 2.29. The first-order valence-corrected chi connectivity index (χ1v) is 9.41. The monoisotopic (exact) mass is 335 g/mol. The Morgan fingerprint density at radius 2 is 1.87 bits per heavy atom. The Morgan fingerprint density at radius 1 is 1.17 bits per heavy atom. The van der Waals surface area contributed by atoms with Crippen LogP contribution in [0.5, 0.6) is 0 Å². The van der Waals surface area contributed by atoms with Crippen LogP contribution >= 0.6 is 0 Å². The Kier molecular flexibility index (Phi) is 3.30. The lowest BCUT2D eigenvalue weighted by atomic mass is 9.87. The predicted octanol–water partition coefficient (Wildman–Crippen LogP) is 2.85. The van der Waals surface area contributed by atoms with Crippen molar-refractivity contribution in [2.45, 2.75) is 48.8 Å². The molecule has 2 atom stereocenters.